The number of hydrogen-bond donors (Lipinski definition) is 1. The summed E-state index contributed by atoms with van der Waals surface area (Å²) in [5.74, 6) is 0.119. The van der Waals surface area contributed by atoms with Gasteiger partial charge in [-0.25, -0.2) is 0 Å². The molecule has 4 nitrogen and oxygen atoms in total. The minimum absolute atomic E-state index is 0.119. The van der Waals surface area contributed by atoms with Crippen molar-refractivity contribution in [2.45, 2.75) is 20.1 Å². The lowest BCUT2D eigenvalue weighted by molar-refractivity contribution is -0.128. The van der Waals surface area contributed by atoms with Crippen LogP contribution in [0.4, 0.5) is 0 Å². The van der Waals surface area contributed by atoms with Gasteiger partial charge in [-0.05, 0) is 18.1 Å². The van der Waals surface area contributed by atoms with E-state index in [1.807, 2.05) is 26.1 Å². The maximum absolute atomic E-state index is 11.6. The molecule has 0 aliphatic heterocycles. The number of methoxy groups -OCH3 is 1. The first-order valence-electron chi connectivity index (χ1n) is 6.18. The molecule has 0 saturated carbocycles. The van der Waals surface area contributed by atoms with E-state index in [4.69, 9.17) is 4.74 Å². The van der Waals surface area contributed by atoms with Gasteiger partial charge >= 0.3 is 0 Å². The molecule has 0 fully saturated rings. The molecule has 0 atom stereocenters. The van der Waals surface area contributed by atoms with E-state index in [0.717, 1.165) is 12.1 Å². The molecule has 1 aromatic rings. The Morgan fingerprint density at radius 2 is 1.89 bits per heavy atom. The molecule has 1 rings (SSSR count). The number of carbonyl (C=O) groups is 1. The summed E-state index contributed by atoms with van der Waals surface area (Å²) >= 11 is 0. The van der Waals surface area contributed by atoms with Gasteiger partial charge < -0.3 is 15.0 Å². The second-order valence-corrected chi connectivity index (χ2v) is 4.26. The second kappa shape index (κ2) is 7.84. The third-order valence-electron chi connectivity index (χ3n) is 2.84. The van der Waals surface area contributed by atoms with E-state index in [-0.39, 0.29) is 5.91 Å². The summed E-state index contributed by atoms with van der Waals surface area (Å²) in [6.45, 7) is 4.42. The van der Waals surface area contributed by atoms with Crippen LogP contribution in [0.3, 0.4) is 0 Å². The molecular formula is C14H22N2O2. The Morgan fingerprint density at radius 1 is 1.28 bits per heavy atom. The van der Waals surface area contributed by atoms with Crippen LogP contribution in [0.5, 0.6) is 0 Å². The van der Waals surface area contributed by atoms with Crippen LogP contribution in [-0.4, -0.2) is 38.1 Å². The number of hydrogen-bond acceptors (Lipinski definition) is 3. The average molecular weight is 250 g/mol. The zero-order valence-corrected chi connectivity index (χ0v) is 11.4. The van der Waals surface area contributed by atoms with Gasteiger partial charge in [0.2, 0.25) is 5.91 Å². The minimum Gasteiger partial charge on any atom is -0.380 e. The monoisotopic (exact) mass is 250 g/mol. The number of likely N-dealkylation sites (N-methyl/N-ethyl adjacent to an activating group) is 1. The molecule has 4 heteroatoms. The normalized spacial score (nSPS) is 10.4. The van der Waals surface area contributed by atoms with Crippen molar-refractivity contribution in [2.24, 2.45) is 0 Å². The number of nitrogens with zero attached hydrogens (tertiary/aromatic N) is 1. The first kappa shape index (κ1) is 14.7. The molecule has 0 radical (unpaired) electrons. The van der Waals surface area contributed by atoms with E-state index >= 15 is 0 Å². The highest BCUT2D eigenvalue weighted by Crippen LogP contribution is 2.05. The molecule has 100 valence electrons. The summed E-state index contributed by atoms with van der Waals surface area (Å²) in [6, 6.07) is 8.19. The van der Waals surface area contributed by atoms with E-state index in [2.05, 4.69) is 17.4 Å². The van der Waals surface area contributed by atoms with Crippen LogP contribution in [0.2, 0.25) is 0 Å². The number of amides is 1. The molecule has 1 N–H and O–H groups in total. The highest BCUT2D eigenvalue weighted by Gasteiger charge is 2.05. The third kappa shape index (κ3) is 4.85. The van der Waals surface area contributed by atoms with Gasteiger partial charge in [0.1, 0.15) is 0 Å². The van der Waals surface area contributed by atoms with Crippen molar-refractivity contribution in [3.8, 4) is 0 Å². The van der Waals surface area contributed by atoms with Crippen molar-refractivity contribution in [1.29, 1.82) is 0 Å². The first-order valence-corrected chi connectivity index (χ1v) is 6.18. The van der Waals surface area contributed by atoms with Crippen LogP contribution in [0.25, 0.3) is 0 Å². The highest BCUT2D eigenvalue weighted by molar-refractivity contribution is 5.77. The Hall–Kier alpha value is -1.39. The van der Waals surface area contributed by atoms with Crippen molar-refractivity contribution in [3.63, 3.8) is 0 Å². The third-order valence-corrected chi connectivity index (χ3v) is 2.84. The standard InChI is InChI=1S/C14H22N2O2/c1-4-16(2)14(17)10-15-9-12-5-7-13(8-6-12)11-18-3/h5-8,15H,4,9-11H2,1-3H3. The van der Waals surface area contributed by atoms with Gasteiger partial charge in [0.15, 0.2) is 0 Å². The molecular weight excluding hydrogens is 228 g/mol. The lowest BCUT2D eigenvalue weighted by Gasteiger charge is -2.14. The average Bonchev–Trinajstić information content (AvgIpc) is 2.40. The summed E-state index contributed by atoms with van der Waals surface area (Å²) in [5, 5.41) is 3.15. The van der Waals surface area contributed by atoms with Crippen molar-refractivity contribution >= 4 is 5.91 Å². The molecule has 0 bridgehead atoms. The van der Waals surface area contributed by atoms with Gasteiger partial charge in [0.25, 0.3) is 0 Å². The molecule has 0 saturated heterocycles. The van der Waals surface area contributed by atoms with Gasteiger partial charge in [-0.3, -0.25) is 4.79 Å². The molecule has 0 heterocycles. The zero-order chi connectivity index (χ0) is 13.4. The van der Waals surface area contributed by atoms with Crippen molar-refractivity contribution < 1.29 is 9.53 Å². The SMILES string of the molecule is CCN(C)C(=O)CNCc1ccc(COC)cc1. The van der Waals surface area contributed by atoms with Crippen molar-refractivity contribution in [2.75, 3.05) is 27.2 Å². The number of ether oxygens (including phenoxy) is 1. The van der Waals surface area contributed by atoms with Crippen LogP contribution in [-0.2, 0) is 22.7 Å². The van der Waals surface area contributed by atoms with Crippen LogP contribution < -0.4 is 5.32 Å². The minimum atomic E-state index is 0.119. The molecule has 0 spiro atoms. The van der Waals surface area contributed by atoms with Crippen LogP contribution in [0.15, 0.2) is 24.3 Å². The van der Waals surface area contributed by atoms with E-state index in [9.17, 15) is 4.79 Å². The Bertz CT molecular complexity index is 363. The van der Waals surface area contributed by atoms with E-state index in [1.54, 1.807) is 12.0 Å². The summed E-state index contributed by atoms with van der Waals surface area (Å²) in [6.07, 6.45) is 0. The molecule has 18 heavy (non-hydrogen) atoms. The van der Waals surface area contributed by atoms with Gasteiger partial charge in [-0.15, -0.1) is 0 Å². The second-order valence-electron chi connectivity index (χ2n) is 4.26. The van der Waals surface area contributed by atoms with Gasteiger partial charge in [0.05, 0.1) is 13.2 Å². The first-order chi connectivity index (χ1) is 8.67. The Kier molecular flexibility index (Phi) is 6.39. The smallest absolute Gasteiger partial charge is 0.236 e. The van der Waals surface area contributed by atoms with E-state index in [1.165, 1.54) is 5.56 Å². The largest absolute Gasteiger partial charge is 0.380 e. The lowest BCUT2D eigenvalue weighted by atomic mass is 10.1. The Balaban J connectivity index is 2.33. The molecule has 0 aliphatic carbocycles. The van der Waals surface area contributed by atoms with Crippen LogP contribution in [0, 0.1) is 0 Å². The summed E-state index contributed by atoms with van der Waals surface area (Å²) in [4.78, 5) is 13.3. The number of carbonyl (C=O) groups excluding carboxylic acids is 1. The summed E-state index contributed by atoms with van der Waals surface area (Å²) in [7, 11) is 3.49. The summed E-state index contributed by atoms with van der Waals surface area (Å²) < 4.78 is 5.05. The van der Waals surface area contributed by atoms with Gasteiger partial charge in [0, 0.05) is 27.2 Å². The fourth-order valence-corrected chi connectivity index (χ4v) is 1.55. The topological polar surface area (TPSA) is 41.6 Å². The van der Waals surface area contributed by atoms with E-state index < -0.39 is 0 Å². The fraction of sp³-hybridized carbons (Fsp3) is 0.500. The van der Waals surface area contributed by atoms with E-state index in [0.29, 0.717) is 19.7 Å². The maximum Gasteiger partial charge on any atom is 0.236 e. The predicted molar refractivity (Wildman–Crippen MR) is 72.2 cm³/mol. The van der Waals surface area contributed by atoms with Gasteiger partial charge in [-0.2, -0.15) is 0 Å². The van der Waals surface area contributed by atoms with Crippen molar-refractivity contribution in [1.82, 2.24) is 10.2 Å². The van der Waals surface area contributed by atoms with Gasteiger partial charge in [-0.1, -0.05) is 24.3 Å². The Morgan fingerprint density at radius 3 is 2.44 bits per heavy atom. The summed E-state index contributed by atoms with van der Waals surface area (Å²) in [5.41, 5.74) is 2.32. The fourth-order valence-electron chi connectivity index (χ4n) is 1.55. The zero-order valence-electron chi connectivity index (χ0n) is 11.4. The molecule has 0 aromatic heterocycles. The maximum atomic E-state index is 11.6. The molecule has 0 aliphatic rings. The lowest BCUT2D eigenvalue weighted by Crippen LogP contribution is -2.35. The van der Waals surface area contributed by atoms with Crippen LogP contribution in [0.1, 0.15) is 18.1 Å². The number of rotatable bonds is 7. The molecule has 1 amide bonds. The quantitative estimate of drug-likeness (QED) is 0.795. The highest BCUT2D eigenvalue weighted by atomic mass is 16.5. The van der Waals surface area contributed by atoms with Crippen LogP contribution >= 0.6 is 0 Å². The molecule has 1 aromatic carbocycles. The predicted octanol–water partition coefficient (Wildman–Crippen LogP) is 1.40. The number of benzene rings is 1. The molecule has 0 unspecified atom stereocenters. The number of nitrogens with one attached hydrogen (secondary N) is 1. The Labute approximate surface area is 109 Å². The van der Waals surface area contributed by atoms with Crippen molar-refractivity contribution in [3.05, 3.63) is 35.4 Å².